The third kappa shape index (κ3) is 4.87. The van der Waals surface area contributed by atoms with Gasteiger partial charge in [0.2, 0.25) is 5.82 Å². The van der Waals surface area contributed by atoms with Crippen LogP contribution in [-0.4, -0.2) is 46.1 Å². The summed E-state index contributed by atoms with van der Waals surface area (Å²) in [7, 11) is 1.77. The minimum absolute atomic E-state index is 0.0159. The number of pyridine rings is 2. The molecule has 1 aliphatic rings. The highest BCUT2D eigenvalue weighted by Crippen LogP contribution is 2.33. The minimum Gasteiger partial charge on any atom is -0.481 e. The average molecular weight is 466 g/mol. The van der Waals surface area contributed by atoms with E-state index in [1.807, 2.05) is 4.90 Å². The maximum Gasteiger partial charge on any atom is 0.311 e. The van der Waals surface area contributed by atoms with E-state index in [2.05, 4.69) is 15.3 Å². The molecule has 4 rings (SSSR count). The fourth-order valence-electron chi connectivity index (χ4n) is 3.91. The van der Waals surface area contributed by atoms with Crippen molar-refractivity contribution in [3.05, 3.63) is 70.8 Å². The number of nitrogens with one attached hydrogen (secondary N) is 1. The standard InChI is InChI=1S/C23H23FN6O4/c1-28(17-6-10-25-11-7-17)21-5-4-20(30(33)34)22(27-21)26-16-2-3-19(18(24)14-16)29-12-8-15(9-13-29)23(31)32/h2-7,10-11,14-15H,8-9,12-13H2,1H3,(H,26,27)(H,31,32). The Morgan fingerprint density at radius 2 is 1.91 bits per heavy atom. The highest BCUT2D eigenvalue weighted by Gasteiger charge is 2.26. The maximum absolute atomic E-state index is 14.9. The van der Waals surface area contributed by atoms with Gasteiger partial charge in [-0.3, -0.25) is 19.9 Å². The van der Waals surface area contributed by atoms with Crippen LogP contribution in [0.3, 0.4) is 0 Å². The molecule has 0 unspecified atom stereocenters. The second kappa shape index (κ2) is 9.69. The molecule has 176 valence electrons. The molecule has 1 aromatic carbocycles. The van der Waals surface area contributed by atoms with Gasteiger partial charge in [0, 0.05) is 50.0 Å². The van der Waals surface area contributed by atoms with Gasteiger partial charge in [-0.15, -0.1) is 0 Å². The lowest BCUT2D eigenvalue weighted by Gasteiger charge is -2.32. The number of carboxylic acids is 1. The zero-order chi connectivity index (χ0) is 24.2. The lowest BCUT2D eigenvalue weighted by Crippen LogP contribution is -2.36. The number of piperidine rings is 1. The number of nitrogens with zero attached hydrogens (tertiary/aromatic N) is 5. The summed E-state index contributed by atoms with van der Waals surface area (Å²) >= 11 is 0. The van der Waals surface area contributed by atoms with Crippen molar-refractivity contribution in [2.24, 2.45) is 5.92 Å². The number of aromatic nitrogens is 2. The maximum atomic E-state index is 14.9. The van der Waals surface area contributed by atoms with Crippen molar-refractivity contribution in [2.75, 3.05) is 35.3 Å². The van der Waals surface area contributed by atoms with Crippen molar-refractivity contribution < 1.29 is 19.2 Å². The average Bonchev–Trinajstić information content (AvgIpc) is 2.84. The highest BCUT2D eigenvalue weighted by atomic mass is 19.1. The van der Waals surface area contributed by atoms with Gasteiger partial charge in [0.25, 0.3) is 0 Å². The van der Waals surface area contributed by atoms with E-state index in [1.165, 1.54) is 18.2 Å². The van der Waals surface area contributed by atoms with Crippen LogP contribution < -0.4 is 15.1 Å². The van der Waals surface area contributed by atoms with Crippen LogP contribution in [0.25, 0.3) is 0 Å². The molecule has 0 radical (unpaired) electrons. The van der Waals surface area contributed by atoms with E-state index in [9.17, 15) is 19.3 Å². The molecular weight excluding hydrogens is 443 g/mol. The van der Waals surface area contributed by atoms with Crippen LogP contribution >= 0.6 is 0 Å². The topological polar surface area (TPSA) is 125 Å². The van der Waals surface area contributed by atoms with Gasteiger partial charge in [-0.25, -0.2) is 9.37 Å². The third-order valence-corrected chi connectivity index (χ3v) is 5.84. The molecule has 2 N–H and O–H groups in total. The number of aliphatic carboxylic acids is 1. The number of rotatable bonds is 7. The van der Waals surface area contributed by atoms with Crippen molar-refractivity contribution in [3.8, 4) is 0 Å². The Hall–Kier alpha value is -4.28. The number of halogens is 1. The van der Waals surface area contributed by atoms with Crippen LogP contribution in [-0.2, 0) is 4.79 Å². The number of anilines is 5. The van der Waals surface area contributed by atoms with Crippen LogP contribution in [0.1, 0.15) is 12.8 Å². The summed E-state index contributed by atoms with van der Waals surface area (Å²) < 4.78 is 14.9. The van der Waals surface area contributed by atoms with E-state index in [-0.39, 0.29) is 11.5 Å². The fraction of sp³-hybridized carbons (Fsp3) is 0.261. The van der Waals surface area contributed by atoms with Gasteiger partial charge in [-0.1, -0.05) is 0 Å². The fourth-order valence-corrected chi connectivity index (χ4v) is 3.91. The van der Waals surface area contributed by atoms with Crippen molar-refractivity contribution in [1.82, 2.24) is 9.97 Å². The van der Waals surface area contributed by atoms with Crippen molar-refractivity contribution in [3.63, 3.8) is 0 Å². The molecule has 1 saturated heterocycles. The normalized spacial score (nSPS) is 14.0. The Morgan fingerprint density at radius 1 is 1.21 bits per heavy atom. The summed E-state index contributed by atoms with van der Waals surface area (Å²) in [5.74, 6) is -1.31. The molecule has 1 aliphatic heterocycles. The molecule has 0 saturated carbocycles. The zero-order valence-electron chi connectivity index (χ0n) is 18.4. The SMILES string of the molecule is CN(c1ccncc1)c1ccc([N+](=O)[O-])c(Nc2ccc(N3CCC(C(=O)O)CC3)c(F)c2)n1. The van der Waals surface area contributed by atoms with Gasteiger partial charge in [-0.05, 0) is 49.2 Å². The van der Waals surface area contributed by atoms with Crippen LogP contribution in [0, 0.1) is 21.8 Å². The first-order valence-electron chi connectivity index (χ1n) is 10.7. The first kappa shape index (κ1) is 22.9. The number of hydrogen-bond donors (Lipinski definition) is 2. The first-order valence-corrected chi connectivity index (χ1v) is 10.7. The van der Waals surface area contributed by atoms with Crippen LogP contribution in [0.2, 0.25) is 0 Å². The van der Waals surface area contributed by atoms with E-state index >= 15 is 0 Å². The molecule has 1 fully saturated rings. The number of carboxylic acid groups (broad SMARTS) is 1. The molecule has 0 bridgehead atoms. The minimum atomic E-state index is -0.828. The van der Waals surface area contributed by atoms with Gasteiger partial charge in [-0.2, -0.15) is 0 Å². The van der Waals surface area contributed by atoms with Crippen LogP contribution in [0.4, 0.5) is 38.8 Å². The molecule has 2 aromatic heterocycles. The van der Waals surface area contributed by atoms with E-state index in [1.54, 1.807) is 48.6 Å². The Balaban J connectivity index is 1.56. The Bertz CT molecular complexity index is 1200. The molecule has 10 nitrogen and oxygen atoms in total. The summed E-state index contributed by atoms with van der Waals surface area (Å²) in [6.07, 6.45) is 4.15. The molecule has 0 atom stereocenters. The largest absolute Gasteiger partial charge is 0.481 e. The highest BCUT2D eigenvalue weighted by molar-refractivity contribution is 5.72. The summed E-state index contributed by atoms with van der Waals surface area (Å²) in [4.78, 5) is 34.1. The number of nitro groups is 1. The van der Waals surface area contributed by atoms with Gasteiger partial charge in [0.15, 0.2) is 0 Å². The molecule has 0 amide bonds. The molecule has 3 heterocycles. The second-order valence-electron chi connectivity index (χ2n) is 7.95. The molecule has 3 aromatic rings. The van der Waals surface area contributed by atoms with Crippen molar-refractivity contribution in [1.29, 1.82) is 0 Å². The van der Waals surface area contributed by atoms with Gasteiger partial charge >= 0.3 is 11.7 Å². The zero-order valence-corrected chi connectivity index (χ0v) is 18.4. The van der Waals surface area contributed by atoms with E-state index < -0.39 is 22.6 Å². The molecular formula is C23H23FN6O4. The van der Waals surface area contributed by atoms with Crippen LogP contribution in [0.5, 0.6) is 0 Å². The van der Waals surface area contributed by atoms with Crippen LogP contribution in [0.15, 0.2) is 54.9 Å². The number of hydrogen-bond acceptors (Lipinski definition) is 8. The van der Waals surface area contributed by atoms with E-state index in [4.69, 9.17) is 5.11 Å². The van der Waals surface area contributed by atoms with Gasteiger partial charge in [0.1, 0.15) is 11.6 Å². The smallest absolute Gasteiger partial charge is 0.311 e. The number of benzene rings is 1. The number of carbonyl (C=O) groups is 1. The Morgan fingerprint density at radius 3 is 2.53 bits per heavy atom. The van der Waals surface area contributed by atoms with Crippen molar-refractivity contribution >= 4 is 40.4 Å². The lowest BCUT2D eigenvalue weighted by molar-refractivity contribution is -0.384. The molecule has 34 heavy (non-hydrogen) atoms. The summed E-state index contributed by atoms with van der Waals surface area (Å²) in [6.45, 7) is 0.883. The molecule has 0 aliphatic carbocycles. The first-order chi connectivity index (χ1) is 16.3. The van der Waals surface area contributed by atoms with Gasteiger partial charge in [0.05, 0.1) is 16.5 Å². The monoisotopic (exact) mass is 466 g/mol. The summed E-state index contributed by atoms with van der Waals surface area (Å²) in [5, 5.41) is 23.6. The van der Waals surface area contributed by atoms with E-state index in [0.717, 1.165) is 5.69 Å². The second-order valence-corrected chi connectivity index (χ2v) is 7.95. The Labute approximate surface area is 194 Å². The van der Waals surface area contributed by atoms with Crippen molar-refractivity contribution in [2.45, 2.75) is 12.8 Å². The van der Waals surface area contributed by atoms with Gasteiger partial charge < -0.3 is 20.2 Å². The third-order valence-electron chi connectivity index (χ3n) is 5.84. The molecule has 11 heteroatoms. The quantitative estimate of drug-likeness (QED) is 0.386. The summed E-state index contributed by atoms with van der Waals surface area (Å²) in [5.41, 5.74) is 1.22. The predicted molar refractivity (Wildman–Crippen MR) is 125 cm³/mol. The Kier molecular flexibility index (Phi) is 6.53. The molecule has 0 spiro atoms. The lowest BCUT2D eigenvalue weighted by atomic mass is 9.96. The summed E-state index contributed by atoms with van der Waals surface area (Å²) in [6, 6.07) is 10.9. The predicted octanol–water partition coefficient (Wildman–Crippen LogP) is 4.34. The van der Waals surface area contributed by atoms with E-state index in [0.29, 0.717) is 43.1 Å².